The Morgan fingerprint density at radius 3 is 2.96 bits per heavy atom. The van der Waals surface area contributed by atoms with E-state index in [1.807, 2.05) is 11.8 Å². The lowest BCUT2D eigenvalue weighted by Gasteiger charge is -2.45. The number of nitrogens with zero attached hydrogens (tertiary/aromatic N) is 3. The molecule has 2 aromatic rings. The van der Waals surface area contributed by atoms with Gasteiger partial charge >= 0.3 is 6.03 Å². The molecule has 1 spiro atoms. The second kappa shape index (κ2) is 6.58. The van der Waals surface area contributed by atoms with Crippen LogP contribution in [0.5, 0.6) is 0 Å². The number of aromatic nitrogens is 2. The second-order valence-corrected chi connectivity index (χ2v) is 8.47. The number of carbonyl (C=O) groups is 1. The number of aryl methyl sites for hydroxylation is 1. The van der Waals surface area contributed by atoms with E-state index < -0.39 is 5.82 Å². The fourth-order valence-electron chi connectivity index (χ4n) is 5.26. The van der Waals surface area contributed by atoms with E-state index in [0.717, 1.165) is 17.9 Å². The average Bonchev–Trinajstić information content (AvgIpc) is 3.38. The molecule has 2 saturated carbocycles. The Hall–Kier alpha value is -2.41. The summed E-state index contributed by atoms with van der Waals surface area (Å²) in [5.41, 5.74) is 1.60. The van der Waals surface area contributed by atoms with Gasteiger partial charge in [0.15, 0.2) is 5.82 Å². The predicted molar refractivity (Wildman–Crippen MR) is 103 cm³/mol. The van der Waals surface area contributed by atoms with Crippen LogP contribution in [0.3, 0.4) is 0 Å². The molecule has 5 rings (SSSR count). The summed E-state index contributed by atoms with van der Waals surface area (Å²) in [5, 5.41) is 6.99. The summed E-state index contributed by atoms with van der Waals surface area (Å²) in [5.74, 6) is 0.899. The monoisotopic (exact) mass is 384 g/mol. The third kappa shape index (κ3) is 2.98. The lowest BCUT2D eigenvalue weighted by Crippen LogP contribution is -2.57. The summed E-state index contributed by atoms with van der Waals surface area (Å²) in [6.45, 7) is 3.68. The lowest BCUT2D eigenvalue weighted by atomic mass is 9.83. The molecule has 0 radical (unpaired) electrons. The Morgan fingerprint density at radius 2 is 2.29 bits per heavy atom. The molecule has 1 aromatic carbocycles. The van der Waals surface area contributed by atoms with Crippen LogP contribution >= 0.6 is 0 Å². The average molecular weight is 384 g/mol. The first kappa shape index (κ1) is 17.7. The molecule has 3 aliphatic rings. The van der Waals surface area contributed by atoms with E-state index in [0.29, 0.717) is 37.0 Å². The van der Waals surface area contributed by atoms with Crippen molar-refractivity contribution in [1.82, 2.24) is 14.7 Å². The molecule has 3 fully saturated rings. The third-order valence-electron chi connectivity index (χ3n) is 6.57. The van der Waals surface area contributed by atoms with Crippen molar-refractivity contribution in [3.63, 3.8) is 0 Å². The molecule has 7 heteroatoms. The number of urea groups is 1. The zero-order chi connectivity index (χ0) is 19.3. The van der Waals surface area contributed by atoms with Gasteiger partial charge in [-0.05, 0) is 68.2 Å². The molecule has 1 aliphatic heterocycles. The minimum atomic E-state index is -0.424. The number of ether oxygens (including phenoxy) is 1. The van der Waals surface area contributed by atoms with Gasteiger partial charge in [0.2, 0.25) is 0 Å². The van der Waals surface area contributed by atoms with Gasteiger partial charge in [0.25, 0.3) is 0 Å². The largest absolute Gasteiger partial charge is 0.371 e. The highest BCUT2D eigenvalue weighted by atomic mass is 19.1. The van der Waals surface area contributed by atoms with Crippen LogP contribution in [0.2, 0.25) is 0 Å². The summed E-state index contributed by atoms with van der Waals surface area (Å²) in [7, 11) is 0. The first-order valence-electron chi connectivity index (χ1n) is 10.0. The topological polar surface area (TPSA) is 59.4 Å². The normalized spacial score (nSPS) is 28.9. The first-order valence-corrected chi connectivity index (χ1v) is 10.0. The summed E-state index contributed by atoms with van der Waals surface area (Å²) in [6.07, 6.45) is 8.24. The molecular formula is C21H25FN4O2. The van der Waals surface area contributed by atoms with Gasteiger partial charge in [0, 0.05) is 18.4 Å². The van der Waals surface area contributed by atoms with Crippen molar-refractivity contribution in [2.75, 3.05) is 25.0 Å². The highest BCUT2D eigenvalue weighted by molar-refractivity contribution is 5.89. The number of hydrogen-bond donors (Lipinski definition) is 1. The molecule has 28 heavy (non-hydrogen) atoms. The zero-order valence-corrected chi connectivity index (χ0v) is 16.0. The van der Waals surface area contributed by atoms with Gasteiger partial charge in [-0.15, -0.1) is 0 Å². The van der Waals surface area contributed by atoms with Crippen LogP contribution in [0.1, 0.15) is 31.2 Å². The molecule has 1 saturated heterocycles. The molecule has 1 N–H and O–H groups in total. The van der Waals surface area contributed by atoms with Gasteiger partial charge in [-0.25, -0.2) is 13.9 Å². The van der Waals surface area contributed by atoms with Gasteiger partial charge in [-0.1, -0.05) is 0 Å². The first-order chi connectivity index (χ1) is 13.5. The minimum absolute atomic E-state index is 0.161. The Bertz CT molecular complexity index is 914. The van der Waals surface area contributed by atoms with Crippen molar-refractivity contribution in [3.8, 4) is 5.69 Å². The maximum absolute atomic E-state index is 14.5. The van der Waals surface area contributed by atoms with Crippen molar-refractivity contribution < 1.29 is 13.9 Å². The Kier molecular flexibility index (Phi) is 4.16. The van der Waals surface area contributed by atoms with E-state index in [4.69, 9.17) is 4.74 Å². The number of anilines is 1. The number of halogens is 1. The van der Waals surface area contributed by atoms with E-state index in [9.17, 15) is 9.18 Å². The van der Waals surface area contributed by atoms with E-state index in [-0.39, 0.29) is 11.6 Å². The number of hydrogen-bond acceptors (Lipinski definition) is 3. The van der Waals surface area contributed by atoms with Crippen molar-refractivity contribution >= 4 is 11.7 Å². The van der Waals surface area contributed by atoms with Crippen LogP contribution < -0.4 is 5.32 Å². The summed E-state index contributed by atoms with van der Waals surface area (Å²) < 4.78 is 22.2. The van der Waals surface area contributed by atoms with E-state index >= 15 is 0 Å². The molecule has 2 aliphatic carbocycles. The maximum Gasteiger partial charge on any atom is 0.322 e. The van der Waals surface area contributed by atoms with Crippen LogP contribution in [0.15, 0.2) is 30.6 Å². The summed E-state index contributed by atoms with van der Waals surface area (Å²) in [6, 6.07) is 4.50. The molecule has 2 heterocycles. The minimum Gasteiger partial charge on any atom is -0.371 e. The molecule has 148 valence electrons. The number of benzene rings is 1. The highest BCUT2D eigenvalue weighted by Crippen LogP contribution is 2.53. The summed E-state index contributed by atoms with van der Waals surface area (Å²) in [4.78, 5) is 14.6. The number of nitrogens with one attached hydrogen (secondary N) is 1. The SMILES string of the molecule is Cc1cnn(-c2ccc(NC(=O)N3CCO[C@@]4(C[C@H]5CC[C@H]4C5)C3)cc2F)c1. The van der Waals surface area contributed by atoms with E-state index in [2.05, 4.69) is 10.4 Å². The molecular weight excluding hydrogens is 359 g/mol. The zero-order valence-electron chi connectivity index (χ0n) is 16.0. The molecule has 6 nitrogen and oxygen atoms in total. The van der Waals surface area contributed by atoms with Crippen LogP contribution in [0.25, 0.3) is 5.69 Å². The number of fused-ring (bicyclic) bond motifs is 3. The molecule has 0 unspecified atom stereocenters. The fourth-order valence-corrected chi connectivity index (χ4v) is 5.26. The van der Waals surface area contributed by atoms with Gasteiger partial charge in [0.05, 0.1) is 24.9 Å². The van der Waals surface area contributed by atoms with Crippen LogP contribution in [0, 0.1) is 24.6 Å². The van der Waals surface area contributed by atoms with Crippen LogP contribution in [-0.2, 0) is 4.74 Å². The smallest absolute Gasteiger partial charge is 0.322 e. The van der Waals surface area contributed by atoms with Crippen LogP contribution in [0.4, 0.5) is 14.9 Å². The van der Waals surface area contributed by atoms with Gasteiger partial charge in [0.1, 0.15) is 5.69 Å². The van der Waals surface area contributed by atoms with Crippen LogP contribution in [-0.4, -0.2) is 46.0 Å². The number of amides is 2. The van der Waals surface area contributed by atoms with Gasteiger partial charge in [-0.2, -0.15) is 5.10 Å². The lowest BCUT2D eigenvalue weighted by molar-refractivity contribution is -0.126. The van der Waals surface area contributed by atoms with Crippen molar-refractivity contribution in [2.24, 2.45) is 11.8 Å². The highest BCUT2D eigenvalue weighted by Gasteiger charge is 2.54. The second-order valence-electron chi connectivity index (χ2n) is 8.47. The number of morpholine rings is 1. The van der Waals surface area contributed by atoms with E-state index in [1.165, 1.54) is 30.0 Å². The van der Waals surface area contributed by atoms with Gasteiger partial charge < -0.3 is 15.0 Å². The molecule has 3 atom stereocenters. The fraction of sp³-hybridized carbons (Fsp3) is 0.524. The maximum atomic E-state index is 14.5. The number of rotatable bonds is 2. The Balaban J connectivity index is 1.28. The molecule has 1 aromatic heterocycles. The van der Waals surface area contributed by atoms with Crippen molar-refractivity contribution in [3.05, 3.63) is 42.0 Å². The predicted octanol–water partition coefficient (Wildman–Crippen LogP) is 3.74. The molecule has 2 amide bonds. The Morgan fingerprint density at radius 1 is 1.39 bits per heavy atom. The Labute approximate surface area is 163 Å². The number of carbonyl (C=O) groups excluding carboxylic acids is 1. The third-order valence-corrected chi connectivity index (χ3v) is 6.57. The van der Waals surface area contributed by atoms with Gasteiger partial charge in [-0.3, -0.25) is 0 Å². The van der Waals surface area contributed by atoms with Crippen molar-refractivity contribution in [2.45, 2.75) is 38.2 Å². The van der Waals surface area contributed by atoms with Crippen molar-refractivity contribution in [1.29, 1.82) is 0 Å². The standard InChI is InChI=1S/C21H25FN4O2/c1-14-11-23-26(12-14)19-5-4-17(9-18(19)22)24-20(27)25-6-7-28-21(13-25)10-15-2-3-16(21)8-15/h4-5,9,11-12,15-16H,2-3,6-8,10,13H2,1H3,(H,24,27)/t15-,16-,21-/m0/s1. The quantitative estimate of drug-likeness (QED) is 0.858. The molecule has 2 bridgehead atoms. The summed E-state index contributed by atoms with van der Waals surface area (Å²) >= 11 is 0. The van der Waals surface area contributed by atoms with E-state index in [1.54, 1.807) is 24.5 Å².